The molecule has 14 heteroatoms. The minimum Gasteiger partial charge on any atom is -0.413 e. The molecule has 0 bridgehead atoms. The number of hydrogen-bond donors (Lipinski definition) is 0. The molecule has 0 spiro atoms. The summed E-state index contributed by atoms with van der Waals surface area (Å²) in [5.74, 6) is -2.41. The maximum absolute atomic E-state index is 14.2. The van der Waals surface area contributed by atoms with Gasteiger partial charge in [-0.1, -0.05) is 6.07 Å². The number of aromatic nitrogens is 6. The van der Waals surface area contributed by atoms with E-state index < -0.39 is 53.7 Å². The highest BCUT2D eigenvalue weighted by molar-refractivity contribution is 5.47. The van der Waals surface area contributed by atoms with E-state index in [9.17, 15) is 31.1 Å². The minimum atomic E-state index is -4.73. The highest BCUT2D eigenvalue weighted by Gasteiger charge is 2.34. The summed E-state index contributed by atoms with van der Waals surface area (Å²) in [5.41, 5.74) is -1.62. The molecule has 0 N–H and O–H groups in total. The molecule has 4 aromatic rings. The molecule has 5 rings (SSSR count). The van der Waals surface area contributed by atoms with E-state index in [0.29, 0.717) is 31.2 Å². The van der Waals surface area contributed by atoms with E-state index in [0.717, 1.165) is 23.0 Å². The third-order valence-electron chi connectivity index (χ3n) is 6.74. The molecule has 8 nitrogen and oxygen atoms in total. The molecule has 4 heterocycles. The first-order valence-corrected chi connectivity index (χ1v) is 12.0. The zero-order valence-corrected chi connectivity index (χ0v) is 20.1. The molecule has 1 saturated carbocycles. The predicted molar refractivity (Wildman–Crippen MR) is 123 cm³/mol. The molecule has 204 valence electrons. The molecule has 1 aliphatic rings. The van der Waals surface area contributed by atoms with Crippen LogP contribution in [0.3, 0.4) is 0 Å². The van der Waals surface area contributed by atoms with E-state index in [1.54, 1.807) is 12.1 Å². The lowest BCUT2D eigenvalue weighted by atomic mass is 9.76. The van der Waals surface area contributed by atoms with Crippen LogP contribution in [0.25, 0.3) is 11.6 Å². The van der Waals surface area contributed by atoms with Crippen LogP contribution < -0.4 is 5.56 Å². The number of nitrogens with zero attached hydrogens (tertiary/aromatic N) is 6. The molecule has 0 aliphatic heterocycles. The van der Waals surface area contributed by atoms with Gasteiger partial charge in [0.2, 0.25) is 5.95 Å². The summed E-state index contributed by atoms with van der Waals surface area (Å²) in [6.07, 6.45) is -3.30. The lowest BCUT2D eigenvalue weighted by Gasteiger charge is -2.29. The average Bonchev–Trinajstić information content (AvgIpc) is 3.41. The Morgan fingerprint density at radius 2 is 1.64 bits per heavy atom. The number of rotatable bonds is 6. The van der Waals surface area contributed by atoms with Gasteiger partial charge in [-0.05, 0) is 61.8 Å². The highest BCUT2D eigenvalue weighted by Crippen LogP contribution is 2.40. The Hall–Kier alpha value is -4.10. The molecule has 39 heavy (non-hydrogen) atoms. The van der Waals surface area contributed by atoms with Gasteiger partial charge in [0, 0.05) is 23.5 Å². The van der Waals surface area contributed by atoms with Crippen molar-refractivity contribution in [1.82, 2.24) is 29.9 Å². The fraction of sp³-hybridized carbons (Fsp3) is 0.360. The largest absolute Gasteiger partial charge is 0.418 e. The first-order chi connectivity index (χ1) is 18.6. The summed E-state index contributed by atoms with van der Waals surface area (Å²) >= 11 is 0. The van der Waals surface area contributed by atoms with Gasteiger partial charge in [0.05, 0.1) is 17.8 Å². The third kappa shape index (κ3) is 5.54. The monoisotopic (exact) mass is 550 g/mol. The summed E-state index contributed by atoms with van der Waals surface area (Å²) in [5, 5.41) is 10.9. The Kier molecular flexibility index (Phi) is 7.19. The van der Waals surface area contributed by atoms with Gasteiger partial charge >= 0.3 is 12.6 Å². The van der Waals surface area contributed by atoms with Crippen LogP contribution in [0.2, 0.25) is 0 Å². The van der Waals surface area contributed by atoms with Gasteiger partial charge in [-0.2, -0.15) is 31.4 Å². The molecule has 0 unspecified atom stereocenters. The fourth-order valence-electron chi connectivity index (χ4n) is 4.88. The van der Waals surface area contributed by atoms with Crippen molar-refractivity contribution in [3.05, 3.63) is 87.3 Å². The SMILES string of the molecule is O=c1c(C2CCC(c3cccnc3F)CC2)cc(-c2nnc(C(F)F)o2)nn1Cc1ncccc1C(F)(F)F. The van der Waals surface area contributed by atoms with Crippen LogP contribution in [0.5, 0.6) is 0 Å². The first kappa shape index (κ1) is 26.5. The maximum atomic E-state index is 14.2. The standard InChI is InChI=1S/C25H20F6N6O2/c26-20(27)23-35-34-22(39-23)18-11-16(14-7-5-13(6-8-14)15-3-1-10-33-21(15)28)24(38)37(36-18)12-19-17(25(29,30)31)4-2-9-32-19/h1-4,9-11,13-14,20H,5-8,12H2. The van der Waals surface area contributed by atoms with Crippen LogP contribution in [0, 0.1) is 5.95 Å². The van der Waals surface area contributed by atoms with E-state index in [2.05, 4.69) is 25.3 Å². The molecule has 0 amide bonds. The van der Waals surface area contributed by atoms with Crippen molar-refractivity contribution < 1.29 is 30.8 Å². The Bertz CT molecular complexity index is 1530. The predicted octanol–water partition coefficient (Wildman–Crippen LogP) is 5.67. The van der Waals surface area contributed by atoms with Crippen LogP contribution in [0.1, 0.15) is 72.2 Å². The van der Waals surface area contributed by atoms with E-state index in [-0.39, 0.29) is 23.1 Å². The molecule has 1 aliphatic carbocycles. The second-order valence-electron chi connectivity index (χ2n) is 9.12. The lowest BCUT2D eigenvalue weighted by Crippen LogP contribution is -2.31. The molecule has 0 aromatic carbocycles. The number of alkyl halides is 5. The van der Waals surface area contributed by atoms with Gasteiger partial charge in [0.25, 0.3) is 17.3 Å². The summed E-state index contributed by atoms with van der Waals surface area (Å²) in [7, 11) is 0. The summed E-state index contributed by atoms with van der Waals surface area (Å²) in [4.78, 5) is 21.0. The highest BCUT2D eigenvalue weighted by atomic mass is 19.4. The van der Waals surface area contributed by atoms with Crippen LogP contribution in [0.15, 0.2) is 51.9 Å². The van der Waals surface area contributed by atoms with Crippen molar-refractivity contribution in [2.24, 2.45) is 0 Å². The Balaban J connectivity index is 1.52. The second kappa shape index (κ2) is 10.6. The van der Waals surface area contributed by atoms with Crippen molar-refractivity contribution in [2.45, 2.75) is 56.7 Å². The van der Waals surface area contributed by atoms with Crippen molar-refractivity contribution in [2.75, 3.05) is 0 Å². The zero-order chi connectivity index (χ0) is 27.7. The van der Waals surface area contributed by atoms with Gasteiger partial charge in [0.15, 0.2) is 0 Å². The first-order valence-electron chi connectivity index (χ1n) is 12.0. The van der Waals surface area contributed by atoms with Crippen LogP contribution in [-0.2, 0) is 12.7 Å². The maximum Gasteiger partial charge on any atom is 0.418 e. The summed E-state index contributed by atoms with van der Waals surface area (Å²) in [6, 6.07) is 6.59. The quantitative estimate of drug-likeness (QED) is 0.225. The van der Waals surface area contributed by atoms with E-state index in [4.69, 9.17) is 4.42 Å². The van der Waals surface area contributed by atoms with Crippen LogP contribution >= 0.6 is 0 Å². The number of pyridine rings is 2. The van der Waals surface area contributed by atoms with Crippen molar-refractivity contribution in [1.29, 1.82) is 0 Å². The third-order valence-corrected chi connectivity index (χ3v) is 6.74. The van der Waals surface area contributed by atoms with Crippen molar-refractivity contribution in [3.8, 4) is 11.6 Å². The average molecular weight is 550 g/mol. The topological polar surface area (TPSA) is 99.6 Å². The molecule has 0 saturated heterocycles. The fourth-order valence-corrected chi connectivity index (χ4v) is 4.88. The molecule has 1 fully saturated rings. The number of halogens is 6. The summed E-state index contributed by atoms with van der Waals surface area (Å²) < 4.78 is 86.8. The molecular formula is C25H20F6N6O2. The van der Waals surface area contributed by atoms with Gasteiger partial charge in [-0.15, -0.1) is 10.2 Å². The normalized spacial score (nSPS) is 18.0. The molecule has 0 radical (unpaired) electrons. The van der Waals surface area contributed by atoms with Crippen LogP contribution in [-0.4, -0.2) is 29.9 Å². The van der Waals surface area contributed by atoms with Crippen molar-refractivity contribution in [3.63, 3.8) is 0 Å². The number of hydrogen-bond acceptors (Lipinski definition) is 7. The van der Waals surface area contributed by atoms with Gasteiger partial charge in [-0.3, -0.25) is 9.78 Å². The zero-order valence-electron chi connectivity index (χ0n) is 20.1. The Morgan fingerprint density at radius 3 is 2.28 bits per heavy atom. The molecular weight excluding hydrogens is 530 g/mol. The van der Waals surface area contributed by atoms with E-state index in [1.165, 1.54) is 12.3 Å². The lowest BCUT2D eigenvalue weighted by molar-refractivity contribution is -0.138. The Morgan fingerprint density at radius 1 is 0.974 bits per heavy atom. The Labute approximate surface area is 216 Å². The van der Waals surface area contributed by atoms with Crippen molar-refractivity contribution >= 4 is 0 Å². The van der Waals surface area contributed by atoms with Crippen LogP contribution in [0.4, 0.5) is 26.3 Å². The molecule has 0 atom stereocenters. The van der Waals surface area contributed by atoms with E-state index in [1.807, 2.05) is 0 Å². The second-order valence-corrected chi connectivity index (χ2v) is 9.12. The van der Waals surface area contributed by atoms with Gasteiger partial charge in [0.1, 0.15) is 5.69 Å². The van der Waals surface area contributed by atoms with Gasteiger partial charge in [-0.25, -0.2) is 9.67 Å². The minimum absolute atomic E-state index is 0.120. The summed E-state index contributed by atoms with van der Waals surface area (Å²) in [6.45, 7) is -0.637. The van der Waals surface area contributed by atoms with E-state index >= 15 is 0 Å². The molecule has 4 aromatic heterocycles. The smallest absolute Gasteiger partial charge is 0.413 e. The van der Waals surface area contributed by atoms with Gasteiger partial charge < -0.3 is 4.42 Å².